The van der Waals surface area contributed by atoms with Crippen molar-refractivity contribution in [2.45, 2.75) is 20.0 Å². The number of methoxy groups -OCH3 is 1. The van der Waals surface area contributed by atoms with E-state index in [-0.39, 0.29) is 5.75 Å². The lowest BCUT2D eigenvalue weighted by molar-refractivity contribution is 0.333. The van der Waals surface area contributed by atoms with Gasteiger partial charge in [-0.3, -0.25) is 0 Å². The van der Waals surface area contributed by atoms with Gasteiger partial charge in [-0.1, -0.05) is 13.0 Å². The summed E-state index contributed by atoms with van der Waals surface area (Å²) in [5.74, 6) is 1.00. The summed E-state index contributed by atoms with van der Waals surface area (Å²) in [6.07, 6.45) is 1.26. The van der Waals surface area contributed by atoms with Gasteiger partial charge in [0, 0.05) is 31.5 Å². The predicted molar refractivity (Wildman–Crippen MR) is 86.4 cm³/mol. The van der Waals surface area contributed by atoms with Crippen LogP contribution in [0.25, 0.3) is 0 Å². The molecule has 6 heteroatoms. The molecule has 0 saturated carbocycles. The third kappa shape index (κ3) is 6.93. The monoisotopic (exact) mass is 314 g/mol. The van der Waals surface area contributed by atoms with E-state index in [9.17, 15) is 8.42 Å². The molecule has 1 N–H and O–H groups in total. The SMILES string of the molecule is CCNCc1ccc(OC)c(CN(C)CCS(C)(=O)=O)c1. The van der Waals surface area contributed by atoms with Gasteiger partial charge in [0.05, 0.1) is 12.9 Å². The van der Waals surface area contributed by atoms with E-state index in [0.29, 0.717) is 13.1 Å². The van der Waals surface area contributed by atoms with E-state index in [2.05, 4.69) is 18.3 Å². The third-order valence-corrected chi connectivity index (χ3v) is 4.13. The summed E-state index contributed by atoms with van der Waals surface area (Å²) >= 11 is 0. The summed E-state index contributed by atoms with van der Waals surface area (Å²) in [6.45, 7) is 5.00. The molecule has 0 saturated heterocycles. The van der Waals surface area contributed by atoms with Gasteiger partial charge in [0.15, 0.2) is 0 Å². The van der Waals surface area contributed by atoms with Gasteiger partial charge in [-0.15, -0.1) is 0 Å². The maximum Gasteiger partial charge on any atom is 0.148 e. The van der Waals surface area contributed by atoms with Gasteiger partial charge in [0.1, 0.15) is 15.6 Å². The summed E-state index contributed by atoms with van der Waals surface area (Å²) in [6, 6.07) is 6.12. The highest BCUT2D eigenvalue weighted by molar-refractivity contribution is 7.90. The first-order valence-corrected chi connectivity index (χ1v) is 9.14. The smallest absolute Gasteiger partial charge is 0.148 e. The lowest BCUT2D eigenvalue weighted by atomic mass is 10.1. The molecule has 0 amide bonds. The molecule has 0 fully saturated rings. The number of nitrogens with zero attached hydrogens (tertiary/aromatic N) is 1. The Hall–Kier alpha value is -1.11. The summed E-state index contributed by atoms with van der Waals surface area (Å²) in [7, 11) is 0.640. The van der Waals surface area contributed by atoms with Crippen molar-refractivity contribution in [2.24, 2.45) is 0 Å². The largest absolute Gasteiger partial charge is 0.496 e. The van der Waals surface area contributed by atoms with Crippen LogP contribution in [0.15, 0.2) is 18.2 Å². The van der Waals surface area contributed by atoms with Crippen molar-refractivity contribution in [3.05, 3.63) is 29.3 Å². The molecule has 0 aromatic heterocycles. The summed E-state index contributed by atoms with van der Waals surface area (Å²) in [5, 5.41) is 3.29. The number of nitrogens with one attached hydrogen (secondary N) is 1. The third-order valence-electron chi connectivity index (χ3n) is 3.21. The molecule has 0 heterocycles. The van der Waals surface area contributed by atoms with Crippen molar-refractivity contribution in [1.82, 2.24) is 10.2 Å². The van der Waals surface area contributed by atoms with Gasteiger partial charge < -0.3 is 15.0 Å². The number of hydrogen-bond acceptors (Lipinski definition) is 5. The molecular formula is C15H26N2O3S. The standard InChI is InChI=1S/C15H26N2O3S/c1-5-16-11-13-6-7-15(20-3)14(10-13)12-17(2)8-9-21(4,18)19/h6-7,10,16H,5,8-9,11-12H2,1-4H3. The zero-order valence-electron chi connectivity index (χ0n) is 13.3. The van der Waals surface area contributed by atoms with E-state index in [1.165, 1.54) is 11.8 Å². The minimum atomic E-state index is -2.93. The lowest BCUT2D eigenvalue weighted by Crippen LogP contribution is -2.25. The molecule has 1 aromatic rings. The zero-order chi connectivity index (χ0) is 15.9. The Morgan fingerprint density at radius 3 is 2.62 bits per heavy atom. The topological polar surface area (TPSA) is 58.6 Å². The highest BCUT2D eigenvalue weighted by Crippen LogP contribution is 2.21. The molecule has 0 bridgehead atoms. The minimum Gasteiger partial charge on any atom is -0.496 e. The fraction of sp³-hybridized carbons (Fsp3) is 0.600. The average Bonchev–Trinajstić information content (AvgIpc) is 2.42. The van der Waals surface area contributed by atoms with Crippen LogP contribution in [0.4, 0.5) is 0 Å². The van der Waals surface area contributed by atoms with Crippen molar-refractivity contribution < 1.29 is 13.2 Å². The van der Waals surface area contributed by atoms with E-state index in [4.69, 9.17) is 4.74 Å². The van der Waals surface area contributed by atoms with Gasteiger partial charge in [0.25, 0.3) is 0 Å². The molecule has 0 aliphatic carbocycles. The number of ether oxygens (including phenoxy) is 1. The second kappa shape index (κ2) is 8.36. The molecule has 0 atom stereocenters. The Kier molecular flexibility index (Phi) is 7.14. The quantitative estimate of drug-likeness (QED) is 0.744. The summed E-state index contributed by atoms with van der Waals surface area (Å²) < 4.78 is 27.8. The minimum absolute atomic E-state index is 0.170. The van der Waals surface area contributed by atoms with Gasteiger partial charge >= 0.3 is 0 Å². The molecular weight excluding hydrogens is 288 g/mol. The van der Waals surface area contributed by atoms with Crippen LogP contribution in [0.5, 0.6) is 5.75 Å². The lowest BCUT2D eigenvalue weighted by Gasteiger charge is -2.19. The van der Waals surface area contributed by atoms with Crippen LogP contribution < -0.4 is 10.1 Å². The molecule has 0 aliphatic rings. The molecule has 5 nitrogen and oxygen atoms in total. The second-order valence-corrected chi connectivity index (χ2v) is 7.55. The second-order valence-electron chi connectivity index (χ2n) is 5.29. The van der Waals surface area contributed by atoms with Gasteiger partial charge in [-0.05, 0) is 31.3 Å². The van der Waals surface area contributed by atoms with Crippen LogP contribution in [0.3, 0.4) is 0 Å². The number of sulfone groups is 1. The predicted octanol–water partition coefficient (Wildman–Crippen LogP) is 1.28. The van der Waals surface area contributed by atoms with Crippen LogP contribution in [-0.4, -0.2) is 52.6 Å². The number of rotatable bonds is 9. The first-order valence-electron chi connectivity index (χ1n) is 7.08. The molecule has 0 unspecified atom stereocenters. The molecule has 0 spiro atoms. The number of benzene rings is 1. The molecule has 1 aromatic carbocycles. The van der Waals surface area contributed by atoms with Gasteiger partial charge in [-0.25, -0.2) is 8.42 Å². The van der Waals surface area contributed by atoms with Crippen LogP contribution in [-0.2, 0) is 22.9 Å². The van der Waals surface area contributed by atoms with E-state index < -0.39 is 9.84 Å². The van der Waals surface area contributed by atoms with E-state index in [1.807, 2.05) is 24.1 Å². The maximum absolute atomic E-state index is 11.2. The average molecular weight is 314 g/mol. The van der Waals surface area contributed by atoms with Crippen LogP contribution in [0.1, 0.15) is 18.1 Å². The summed E-state index contributed by atoms with van der Waals surface area (Å²) in [4.78, 5) is 2.00. The highest BCUT2D eigenvalue weighted by Gasteiger charge is 2.10. The molecule has 0 radical (unpaired) electrons. The fourth-order valence-electron chi connectivity index (χ4n) is 2.03. The normalized spacial score (nSPS) is 11.9. The Labute approximate surface area is 128 Å². The summed E-state index contributed by atoms with van der Waals surface area (Å²) in [5.41, 5.74) is 2.27. The van der Waals surface area contributed by atoms with Crippen LogP contribution >= 0.6 is 0 Å². The maximum atomic E-state index is 11.2. The Morgan fingerprint density at radius 2 is 2.05 bits per heavy atom. The Morgan fingerprint density at radius 1 is 1.33 bits per heavy atom. The van der Waals surface area contributed by atoms with E-state index in [1.54, 1.807) is 7.11 Å². The zero-order valence-corrected chi connectivity index (χ0v) is 14.2. The molecule has 0 aliphatic heterocycles. The first-order chi connectivity index (χ1) is 9.85. The van der Waals surface area contributed by atoms with E-state index >= 15 is 0 Å². The van der Waals surface area contributed by atoms with Crippen molar-refractivity contribution in [2.75, 3.05) is 39.3 Å². The van der Waals surface area contributed by atoms with Gasteiger partial charge in [0.2, 0.25) is 0 Å². The van der Waals surface area contributed by atoms with Crippen molar-refractivity contribution in [3.8, 4) is 5.75 Å². The van der Waals surface area contributed by atoms with Crippen LogP contribution in [0.2, 0.25) is 0 Å². The fourth-order valence-corrected chi connectivity index (χ4v) is 2.67. The van der Waals surface area contributed by atoms with Crippen LogP contribution in [0, 0.1) is 0 Å². The highest BCUT2D eigenvalue weighted by atomic mass is 32.2. The number of hydrogen-bond donors (Lipinski definition) is 1. The van der Waals surface area contributed by atoms with Gasteiger partial charge in [-0.2, -0.15) is 0 Å². The van der Waals surface area contributed by atoms with Crippen molar-refractivity contribution >= 4 is 9.84 Å². The molecule has 120 valence electrons. The molecule has 1 rings (SSSR count). The Bertz CT molecular complexity index is 544. The van der Waals surface area contributed by atoms with Crippen molar-refractivity contribution in [3.63, 3.8) is 0 Å². The Balaban J connectivity index is 2.74. The first kappa shape index (κ1) is 17.9. The van der Waals surface area contributed by atoms with Crippen molar-refractivity contribution in [1.29, 1.82) is 0 Å². The van der Waals surface area contributed by atoms with E-state index in [0.717, 1.165) is 24.4 Å². The molecule has 21 heavy (non-hydrogen) atoms.